The number of hydrogen-bond acceptors (Lipinski definition) is 6. The van der Waals surface area contributed by atoms with Gasteiger partial charge in [-0.15, -0.1) is 28.3 Å². The third-order valence-electron chi connectivity index (χ3n) is 6.77. The van der Waals surface area contributed by atoms with Crippen LogP contribution < -0.4 is 14.3 Å². The molecule has 1 saturated heterocycles. The summed E-state index contributed by atoms with van der Waals surface area (Å²) in [6.07, 6.45) is 2.55. The van der Waals surface area contributed by atoms with E-state index in [2.05, 4.69) is 9.95 Å². The van der Waals surface area contributed by atoms with Crippen molar-refractivity contribution >= 4 is 55.6 Å². The number of sulfonamides is 1. The van der Waals surface area contributed by atoms with E-state index in [1.807, 2.05) is 54.6 Å². The highest BCUT2D eigenvalue weighted by Crippen LogP contribution is 2.29. The Hall–Kier alpha value is -2.63. The van der Waals surface area contributed by atoms with Crippen LogP contribution in [0.25, 0.3) is 11.3 Å². The van der Waals surface area contributed by atoms with E-state index in [9.17, 15) is 8.42 Å². The molecule has 1 fully saturated rings. The Labute approximate surface area is 254 Å². The minimum Gasteiger partial charge on any atom is -0.493 e. The van der Waals surface area contributed by atoms with Crippen molar-refractivity contribution in [3.63, 3.8) is 0 Å². The summed E-state index contributed by atoms with van der Waals surface area (Å²) < 4.78 is 40.6. The fraction of sp³-hybridized carbons (Fsp3) is 0.276. The molecule has 4 aromatic rings. The lowest BCUT2D eigenvalue weighted by atomic mass is 10.1. The van der Waals surface area contributed by atoms with Crippen LogP contribution in [0.2, 0.25) is 5.02 Å². The summed E-state index contributed by atoms with van der Waals surface area (Å²) in [5.74, 6) is 1.37. The molecule has 0 bridgehead atoms. The summed E-state index contributed by atoms with van der Waals surface area (Å²) in [4.78, 5) is 6.05. The molecule has 0 spiro atoms. The molecular weight excluding hydrogens is 634 g/mol. The van der Waals surface area contributed by atoms with Crippen LogP contribution >= 0.6 is 39.9 Å². The van der Waals surface area contributed by atoms with Gasteiger partial charge in [0, 0.05) is 30.0 Å². The van der Waals surface area contributed by atoms with E-state index in [1.165, 1.54) is 0 Å². The van der Waals surface area contributed by atoms with E-state index in [0.29, 0.717) is 41.1 Å². The lowest BCUT2D eigenvalue weighted by Gasteiger charge is -2.16. The maximum Gasteiger partial charge on any atom is 0.243 e. The number of halogens is 2. The first-order valence-corrected chi connectivity index (χ1v) is 15.4. The maximum absolute atomic E-state index is 13.0. The van der Waals surface area contributed by atoms with E-state index < -0.39 is 10.0 Å². The molecule has 0 saturated carbocycles. The summed E-state index contributed by atoms with van der Waals surface area (Å²) in [6.45, 7) is 1.83. The van der Waals surface area contributed by atoms with Crippen LogP contribution in [-0.2, 0) is 23.0 Å². The van der Waals surface area contributed by atoms with Crippen LogP contribution in [0, 0.1) is 0 Å². The molecule has 0 radical (unpaired) electrons. The smallest absolute Gasteiger partial charge is 0.243 e. The van der Waals surface area contributed by atoms with Gasteiger partial charge in [0.2, 0.25) is 10.0 Å². The number of ether oxygens (including phenoxy) is 2. The first-order chi connectivity index (χ1) is 18.9. The van der Waals surface area contributed by atoms with Crippen molar-refractivity contribution in [2.24, 2.45) is 4.99 Å². The Bertz CT molecular complexity index is 1610. The van der Waals surface area contributed by atoms with E-state index in [4.69, 9.17) is 26.1 Å². The van der Waals surface area contributed by atoms with Crippen LogP contribution in [0.1, 0.15) is 18.4 Å². The van der Waals surface area contributed by atoms with Crippen molar-refractivity contribution in [2.45, 2.75) is 30.7 Å². The van der Waals surface area contributed by atoms with Gasteiger partial charge >= 0.3 is 0 Å². The molecular formula is C29H31BrClN3O4S2. The van der Waals surface area contributed by atoms with Gasteiger partial charge in [-0.1, -0.05) is 29.8 Å². The van der Waals surface area contributed by atoms with Gasteiger partial charge in [0.05, 0.1) is 30.5 Å². The van der Waals surface area contributed by atoms with Crippen LogP contribution in [-0.4, -0.2) is 44.6 Å². The lowest BCUT2D eigenvalue weighted by molar-refractivity contribution is 0.354. The zero-order valence-electron chi connectivity index (χ0n) is 22.2. The highest BCUT2D eigenvalue weighted by atomic mass is 79.9. The van der Waals surface area contributed by atoms with Crippen molar-refractivity contribution < 1.29 is 17.9 Å². The van der Waals surface area contributed by atoms with Crippen molar-refractivity contribution in [3.8, 4) is 22.8 Å². The fourth-order valence-corrected chi connectivity index (χ4v) is 7.24. The molecule has 0 N–H and O–H groups in total. The molecule has 0 unspecified atom stereocenters. The summed E-state index contributed by atoms with van der Waals surface area (Å²) in [7, 11) is -0.216. The van der Waals surface area contributed by atoms with E-state index in [1.54, 1.807) is 42.0 Å². The van der Waals surface area contributed by atoms with Crippen molar-refractivity contribution in [1.29, 1.82) is 0 Å². The molecule has 0 aliphatic carbocycles. The van der Waals surface area contributed by atoms with Gasteiger partial charge in [0.25, 0.3) is 0 Å². The molecule has 3 aromatic carbocycles. The lowest BCUT2D eigenvalue weighted by Crippen LogP contribution is -2.27. The average molecular weight is 665 g/mol. The summed E-state index contributed by atoms with van der Waals surface area (Å²) >= 11 is 7.61. The van der Waals surface area contributed by atoms with E-state index in [0.717, 1.165) is 46.6 Å². The molecule has 7 nitrogen and oxygen atoms in total. The zero-order valence-corrected chi connectivity index (χ0v) is 26.4. The number of thiazole rings is 1. The van der Waals surface area contributed by atoms with E-state index in [-0.39, 0.29) is 17.0 Å². The van der Waals surface area contributed by atoms with Crippen molar-refractivity contribution in [2.75, 3.05) is 27.3 Å². The number of aryl methyl sites for hydroxylation is 1. The van der Waals surface area contributed by atoms with Crippen LogP contribution in [0.4, 0.5) is 5.69 Å². The minimum atomic E-state index is -3.47. The minimum absolute atomic E-state index is 0. The standard InChI is InChI=1S/C29H30ClN3O4S2.BrH/c1-36-27-14-5-21(19-28(27)37-2)15-18-33-26(20-38-29(33)31-24-10-8-23(30)9-11-24)22-6-12-25(13-7-22)39(34,35)32-16-3-4-17-32;/h5-14,19-20H,3-4,15-18H2,1-2H3;1H. The SMILES string of the molecule is Br.COc1ccc(CCn2c(-c3ccc(S(=O)(=O)N4CCCC4)cc3)csc2=Nc2ccc(Cl)cc2)cc1OC. The third-order valence-corrected chi connectivity index (χ3v) is 9.80. The van der Waals surface area contributed by atoms with Crippen molar-refractivity contribution in [1.82, 2.24) is 8.87 Å². The molecule has 11 heteroatoms. The Balaban J connectivity index is 0.00000370. The second-order valence-corrected chi connectivity index (χ2v) is 12.4. The molecule has 0 atom stereocenters. The van der Waals surface area contributed by atoms with Crippen LogP contribution in [0.3, 0.4) is 0 Å². The average Bonchev–Trinajstić information content (AvgIpc) is 3.64. The van der Waals surface area contributed by atoms with Gasteiger partial charge in [0.15, 0.2) is 16.3 Å². The zero-order chi connectivity index (χ0) is 27.4. The van der Waals surface area contributed by atoms with Gasteiger partial charge in [-0.25, -0.2) is 13.4 Å². The molecule has 40 heavy (non-hydrogen) atoms. The van der Waals surface area contributed by atoms with Gasteiger partial charge in [0.1, 0.15) is 0 Å². The molecule has 5 rings (SSSR count). The fourth-order valence-electron chi connectivity index (χ4n) is 4.64. The van der Waals surface area contributed by atoms with Gasteiger partial charge in [-0.05, 0) is 78.9 Å². The predicted molar refractivity (Wildman–Crippen MR) is 166 cm³/mol. The summed E-state index contributed by atoms with van der Waals surface area (Å²) in [5.41, 5.74) is 3.80. The summed E-state index contributed by atoms with van der Waals surface area (Å²) in [5, 5.41) is 2.72. The van der Waals surface area contributed by atoms with Gasteiger partial charge in [-0.2, -0.15) is 4.31 Å². The molecule has 1 aliphatic heterocycles. The molecule has 2 heterocycles. The molecule has 0 amide bonds. The third kappa shape index (κ3) is 6.63. The molecule has 1 aliphatic rings. The molecule has 1 aromatic heterocycles. The topological polar surface area (TPSA) is 73.1 Å². The Morgan fingerprint density at radius 3 is 2.25 bits per heavy atom. The summed E-state index contributed by atoms with van der Waals surface area (Å²) in [6, 6.07) is 20.5. The largest absolute Gasteiger partial charge is 0.493 e. The van der Waals surface area contributed by atoms with Gasteiger partial charge in [-0.3, -0.25) is 0 Å². The van der Waals surface area contributed by atoms with Crippen molar-refractivity contribution in [3.05, 3.63) is 87.5 Å². The highest BCUT2D eigenvalue weighted by molar-refractivity contribution is 8.93. The van der Waals surface area contributed by atoms with E-state index >= 15 is 0 Å². The second-order valence-electron chi connectivity index (χ2n) is 9.22. The monoisotopic (exact) mass is 663 g/mol. The number of rotatable bonds is 9. The maximum atomic E-state index is 13.0. The van der Waals surface area contributed by atoms with Crippen LogP contribution in [0.5, 0.6) is 11.5 Å². The Morgan fingerprint density at radius 1 is 0.925 bits per heavy atom. The Morgan fingerprint density at radius 2 is 1.60 bits per heavy atom. The number of hydrogen-bond donors (Lipinski definition) is 0. The number of aromatic nitrogens is 1. The molecule has 212 valence electrons. The number of benzene rings is 3. The first kappa shape index (κ1) is 30.3. The van der Waals surface area contributed by atoms with Crippen LogP contribution in [0.15, 0.2) is 82.0 Å². The quantitative estimate of drug-likeness (QED) is 0.199. The highest BCUT2D eigenvalue weighted by Gasteiger charge is 2.27. The number of nitrogens with zero attached hydrogens (tertiary/aromatic N) is 3. The number of methoxy groups -OCH3 is 2. The second kappa shape index (κ2) is 13.4. The first-order valence-electron chi connectivity index (χ1n) is 12.7. The van der Waals surface area contributed by atoms with Gasteiger partial charge < -0.3 is 14.0 Å². The Kier molecular flexibility index (Phi) is 10.1. The predicted octanol–water partition coefficient (Wildman–Crippen LogP) is 6.72. The normalized spacial score (nSPS) is 14.2.